The molecule has 2 aromatic rings. The molecule has 0 aliphatic carbocycles. The van der Waals surface area contributed by atoms with Gasteiger partial charge in [-0.1, -0.05) is 0 Å². The molecule has 156 valence electrons. The summed E-state index contributed by atoms with van der Waals surface area (Å²) in [5, 5.41) is 3.64. The van der Waals surface area contributed by atoms with Gasteiger partial charge in [-0.25, -0.2) is 4.39 Å². The summed E-state index contributed by atoms with van der Waals surface area (Å²) in [7, 11) is 1.59. The van der Waals surface area contributed by atoms with E-state index in [1.807, 2.05) is 4.90 Å². The van der Waals surface area contributed by atoms with Crippen LogP contribution in [0.3, 0.4) is 0 Å². The summed E-state index contributed by atoms with van der Waals surface area (Å²) in [6.07, 6.45) is 1.26. The lowest BCUT2D eigenvalue weighted by Gasteiger charge is -2.36. The van der Waals surface area contributed by atoms with Crippen molar-refractivity contribution in [3.63, 3.8) is 0 Å². The van der Waals surface area contributed by atoms with Crippen LogP contribution >= 0.6 is 12.2 Å². The summed E-state index contributed by atoms with van der Waals surface area (Å²) in [6.45, 7) is 2.87. The van der Waals surface area contributed by atoms with Gasteiger partial charge in [0.1, 0.15) is 5.82 Å². The molecule has 0 spiro atoms. The molecule has 1 amide bonds. The lowest BCUT2D eigenvalue weighted by Crippen LogP contribution is -2.51. The minimum Gasteiger partial charge on any atom is -0.459 e. The van der Waals surface area contributed by atoms with Gasteiger partial charge in [0.2, 0.25) is 0 Å². The van der Waals surface area contributed by atoms with E-state index >= 15 is 0 Å². The minimum atomic E-state index is -0.301. The Bertz CT molecular complexity index is 801. The van der Waals surface area contributed by atoms with Crippen molar-refractivity contribution in [3.05, 3.63) is 54.2 Å². The van der Waals surface area contributed by atoms with E-state index < -0.39 is 0 Å². The Morgan fingerprint density at radius 3 is 2.86 bits per heavy atom. The van der Waals surface area contributed by atoms with Gasteiger partial charge in [-0.15, -0.1) is 0 Å². The molecule has 1 fully saturated rings. The first-order valence-electron chi connectivity index (χ1n) is 9.31. The van der Waals surface area contributed by atoms with Gasteiger partial charge in [-0.3, -0.25) is 4.79 Å². The van der Waals surface area contributed by atoms with Crippen molar-refractivity contribution < 1.29 is 23.1 Å². The second-order valence-electron chi connectivity index (χ2n) is 6.60. The van der Waals surface area contributed by atoms with Crippen molar-refractivity contribution in [2.45, 2.75) is 6.10 Å². The number of carbonyl (C=O) groups is 1. The van der Waals surface area contributed by atoms with Crippen molar-refractivity contribution in [2.75, 3.05) is 51.8 Å². The third-order valence-electron chi connectivity index (χ3n) is 4.53. The first-order chi connectivity index (χ1) is 14.1. The fraction of sp³-hybridized carbons (Fsp3) is 0.400. The number of nitrogens with one attached hydrogen (secondary N) is 1. The number of ether oxygens (including phenoxy) is 2. The predicted octanol–water partition coefficient (Wildman–Crippen LogP) is 2.61. The number of nitrogens with zero attached hydrogens (tertiary/aromatic N) is 2. The highest BCUT2D eigenvalue weighted by atomic mass is 32.1. The number of morpholine rings is 1. The molecule has 1 saturated heterocycles. The zero-order chi connectivity index (χ0) is 20.6. The van der Waals surface area contributed by atoms with E-state index in [0.29, 0.717) is 50.2 Å². The molecule has 1 aliphatic rings. The van der Waals surface area contributed by atoms with Crippen LogP contribution in [0.1, 0.15) is 10.6 Å². The van der Waals surface area contributed by atoms with E-state index in [4.69, 9.17) is 26.1 Å². The van der Waals surface area contributed by atoms with Gasteiger partial charge in [0.25, 0.3) is 5.91 Å². The van der Waals surface area contributed by atoms with E-state index in [1.54, 1.807) is 36.3 Å². The molecule has 1 unspecified atom stereocenters. The van der Waals surface area contributed by atoms with E-state index in [9.17, 15) is 9.18 Å². The number of rotatable bonds is 7. The largest absolute Gasteiger partial charge is 0.459 e. The maximum absolute atomic E-state index is 13.1. The summed E-state index contributed by atoms with van der Waals surface area (Å²) in [5.74, 6) is -0.229. The zero-order valence-electron chi connectivity index (χ0n) is 16.2. The molecular weight excluding hydrogens is 397 g/mol. The zero-order valence-corrected chi connectivity index (χ0v) is 17.0. The van der Waals surface area contributed by atoms with Gasteiger partial charge in [0, 0.05) is 39.0 Å². The molecule has 1 N–H and O–H groups in total. The van der Waals surface area contributed by atoms with Crippen LogP contribution in [0.25, 0.3) is 0 Å². The highest BCUT2D eigenvalue weighted by molar-refractivity contribution is 7.80. The number of thiocarbonyl (C=S) groups is 1. The van der Waals surface area contributed by atoms with Gasteiger partial charge in [-0.05, 0) is 48.6 Å². The minimum absolute atomic E-state index is 0.209. The first-order valence-corrected chi connectivity index (χ1v) is 9.72. The average molecular weight is 421 g/mol. The van der Waals surface area contributed by atoms with Crippen molar-refractivity contribution in [1.29, 1.82) is 0 Å². The van der Waals surface area contributed by atoms with Crippen LogP contribution in [0.5, 0.6) is 0 Å². The normalized spacial score (nSPS) is 16.5. The van der Waals surface area contributed by atoms with Crippen LogP contribution in [0.4, 0.5) is 10.1 Å². The lowest BCUT2D eigenvalue weighted by atomic mass is 10.2. The molecule has 29 heavy (non-hydrogen) atoms. The molecule has 2 heterocycles. The molecule has 1 aromatic heterocycles. The van der Waals surface area contributed by atoms with Crippen molar-refractivity contribution in [3.8, 4) is 0 Å². The molecule has 1 aliphatic heterocycles. The molecule has 0 saturated carbocycles. The number of halogens is 1. The Morgan fingerprint density at radius 2 is 2.17 bits per heavy atom. The monoisotopic (exact) mass is 421 g/mol. The number of hydrogen-bond acceptors (Lipinski definition) is 5. The summed E-state index contributed by atoms with van der Waals surface area (Å²) in [6, 6.07) is 9.34. The molecule has 9 heteroatoms. The van der Waals surface area contributed by atoms with Crippen molar-refractivity contribution >= 4 is 28.9 Å². The van der Waals surface area contributed by atoms with Crippen molar-refractivity contribution in [2.24, 2.45) is 0 Å². The molecular formula is C20H24FN3O4S. The molecule has 0 bridgehead atoms. The number of hydrogen-bond donors (Lipinski definition) is 1. The highest BCUT2D eigenvalue weighted by Gasteiger charge is 2.27. The molecule has 1 atom stereocenters. The molecule has 3 rings (SSSR count). The SMILES string of the molecule is COCCN(CC1CN(C(=S)Nc2ccc(F)cc2)CCO1)C(=O)c1ccco1. The highest BCUT2D eigenvalue weighted by Crippen LogP contribution is 2.14. The fourth-order valence-electron chi connectivity index (χ4n) is 3.03. The van der Waals surface area contributed by atoms with Crippen LogP contribution in [-0.2, 0) is 9.47 Å². The molecule has 7 nitrogen and oxygen atoms in total. The third kappa shape index (κ3) is 5.99. The number of anilines is 1. The predicted molar refractivity (Wildman–Crippen MR) is 110 cm³/mol. The second kappa shape index (κ2) is 10.3. The average Bonchev–Trinajstić information content (AvgIpc) is 3.27. The van der Waals surface area contributed by atoms with Gasteiger partial charge in [0.15, 0.2) is 10.9 Å². The van der Waals surface area contributed by atoms with E-state index in [-0.39, 0.29) is 23.6 Å². The van der Waals surface area contributed by atoms with Crippen molar-refractivity contribution in [1.82, 2.24) is 9.80 Å². The standard InChI is InChI=1S/C20H24FN3O4S/c1-26-11-8-23(19(25)18-3-2-10-28-18)13-17-14-24(9-12-27-17)20(29)22-16-6-4-15(21)5-7-16/h2-7,10,17H,8-9,11-14H2,1H3,(H,22,29). The fourth-order valence-corrected chi connectivity index (χ4v) is 3.31. The summed E-state index contributed by atoms with van der Waals surface area (Å²) >= 11 is 5.49. The Hall–Kier alpha value is -2.49. The van der Waals surface area contributed by atoms with Gasteiger partial charge < -0.3 is 29.0 Å². The van der Waals surface area contributed by atoms with Crippen LogP contribution in [-0.4, -0.2) is 73.4 Å². The van der Waals surface area contributed by atoms with Gasteiger partial charge in [0.05, 0.1) is 25.6 Å². The van der Waals surface area contributed by atoms with E-state index in [0.717, 1.165) is 0 Å². The summed E-state index contributed by atoms with van der Waals surface area (Å²) < 4.78 is 29.3. The van der Waals surface area contributed by atoms with Crippen LogP contribution in [0.2, 0.25) is 0 Å². The Balaban J connectivity index is 1.59. The number of methoxy groups -OCH3 is 1. The van der Waals surface area contributed by atoms with Crippen LogP contribution in [0, 0.1) is 5.82 Å². The topological polar surface area (TPSA) is 67.2 Å². The number of carbonyl (C=O) groups excluding carboxylic acids is 1. The first kappa shape index (κ1) is 21.2. The second-order valence-corrected chi connectivity index (χ2v) is 6.98. The maximum Gasteiger partial charge on any atom is 0.289 e. The van der Waals surface area contributed by atoms with E-state index in [1.165, 1.54) is 18.4 Å². The summed E-state index contributed by atoms with van der Waals surface area (Å²) in [5.41, 5.74) is 0.717. The number of furan rings is 1. The Kier molecular flexibility index (Phi) is 7.56. The molecule has 1 aromatic carbocycles. The lowest BCUT2D eigenvalue weighted by molar-refractivity contribution is -0.0230. The number of benzene rings is 1. The Morgan fingerprint density at radius 1 is 1.38 bits per heavy atom. The Labute approximate surface area is 174 Å². The van der Waals surface area contributed by atoms with E-state index in [2.05, 4.69) is 5.32 Å². The quantitative estimate of drug-likeness (QED) is 0.690. The van der Waals surface area contributed by atoms with Gasteiger partial charge >= 0.3 is 0 Å². The molecule has 0 radical (unpaired) electrons. The summed E-state index contributed by atoms with van der Waals surface area (Å²) in [4.78, 5) is 16.4. The van der Waals surface area contributed by atoms with Crippen LogP contribution < -0.4 is 5.32 Å². The number of amides is 1. The smallest absolute Gasteiger partial charge is 0.289 e. The van der Waals surface area contributed by atoms with Crippen LogP contribution in [0.15, 0.2) is 47.1 Å². The third-order valence-corrected chi connectivity index (χ3v) is 4.89. The van der Waals surface area contributed by atoms with Gasteiger partial charge in [-0.2, -0.15) is 0 Å². The maximum atomic E-state index is 13.1.